The number of rotatable bonds is 5. The van der Waals surface area contributed by atoms with Crippen molar-refractivity contribution >= 4 is 36.0 Å². The number of amides is 1. The topological polar surface area (TPSA) is 96.7 Å². The van der Waals surface area contributed by atoms with Gasteiger partial charge in [-0.2, -0.15) is 0 Å². The molecule has 1 aliphatic rings. The van der Waals surface area contributed by atoms with E-state index in [0.29, 0.717) is 32.1 Å². The molecule has 1 amide bonds. The lowest BCUT2D eigenvalue weighted by molar-refractivity contribution is 0.00700. The molecule has 3 rings (SSSR count). The van der Waals surface area contributed by atoms with E-state index < -0.39 is 5.60 Å². The van der Waals surface area contributed by atoms with Crippen LogP contribution in [0.1, 0.15) is 38.0 Å². The Labute approximate surface area is 200 Å². The Bertz CT molecular complexity index is 887. The maximum atomic E-state index is 12.1. The molecule has 31 heavy (non-hydrogen) atoms. The van der Waals surface area contributed by atoms with E-state index >= 15 is 0 Å². The fourth-order valence-corrected chi connectivity index (χ4v) is 2.91. The molecule has 1 aromatic carbocycles. The van der Waals surface area contributed by atoms with Crippen molar-refractivity contribution < 1.29 is 9.53 Å². The van der Waals surface area contributed by atoms with Crippen molar-refractivity contribution in [3.63, 3.8) is 0 Å². The molecule has 2 N–H and O–H groups in total. The number of benzene rings is 1. The van der Waals surface area contributed by atoms with Crippen LogP contribution in [0.15, 0.2) is 35.3 Å². The number of halogens is 1. The van der Waals surface area contributed by atoms with Crippen LogP contribution in [0, 0.1) is 6.92 Å². The number of carbonyl (C=O) groups excluding carboxylic acids is 1. The smallest absolute Gasteiger partial charge is 0.410 e. The highest BCUT2D eigenvalue weighted by Crippen LogP contribution is 2.15. The van der Waals surface area contributed by atoms with Crippen molar-refractivity contribution in [2.45, 2.75) is 52.4 Å². The van der Waals surface area contributed by atoms with E-state index in [-0.39, 0.29) is 36.1 Å². The summed E-state index contributed by atoms with van der Waals surface area (Å²) in [4.78, 5) is 18.5. The van der Waals surface area contributed by atoms with Crippen molar-refractivity contribution in [3.05, 3.63) is 47.5 Å². The first-order valence-corrected chi connectivity index (χ1v) is 10.1. The number of guanidine groups is 1. The average molecular weight is 541 g/mol. The minimum absolute atomic E-state index is 0. The van der Waals surface area contributed by atoms with Crippen LogP contribution in [0.3, 0.4) is 0 Å². The van der Waals surface area contributed by atoms with Gasteiger partial charge in [-0.15, -0.1) is 34.2 Å². The van der Waals surface area contributed by atoms with Gasteiger partial charge in [-0.05, 0) is 33.3 Å². The molecule has 0 atom stereocenters. The lowest BCUT2D eigenvalue weighted by Gasteiger charge is -2.40. The van der Waals surface area contributed by atoms with Crippen molar-refractivity contribution in [3.8, 4) is 0 Å². The van der Waals surface area contributed by atoms with Crippen molar-refractivity contribution in [2.75, 3.05) is 13.1 Å². The van der Waals surface area contributed by atoms with Crippen LogP contribution in [-0.2, 0) is 24.9 Å². The van der Waals surface area contributed by atoms with Gasteiger partial charge in [-0.25, -0.2) is 9.79 Å². The zero-order valence-electron chi connectivity index (χ0n) is 18.8. The number of hydrogen-bond acceptors (Lipinski definition) is 5. The summed E-state index contributed by atoms with van der Waals surface area (Å²) in [6.07, 6.45) is -0.286. The largest absolute Gasteiger partial charge is 0.444 e. The molecule has 9 nitrogen and oxygen atoms in total. The van der Waals surface area contributed by atoms with Gasteiger partial charge in [0, 0.05) is 20.1 Å². The molecule has 1 saturated heterocycles. The van der Waals surface area contributed by atoms with Gasteiger partial charge in [0.05, 0.1) is 19.1 Å². The molecular formula is C21H32IN7O2. The quantitative estimate of drug-likeness (QED) is 0.343. The summed E-state index contributed by atoms with van der Waals surface area (Å²) in [5, 5.41) is 15.0. The summed E-state index contributed by atoms with van der Waals surface area (Å²) in [6.45, 7) is 9.72. The summed E-state index contributed by atoms with van der Waals surface area (Å²) in [6, 6.07) is 10.2. The molecule has 0 radical (unpaired) electrons. The lowest BCUT2D eigenvalue weighted by Crippen LogP contribution is -2.63. The van der Waals surface area contributed by atoms with Gasteiger partial charge >= 0.3 is 6.09 Å². The number of hydrogen-bond donors (Lipinski definition) is 2. The summed E-state index contributed by atoms with van der Waals surface area (Å²) < 4.78 is 7.36. The number of nitrogens with one attached hydrogen (secondary N) is 2. The van der Waals surface area contributed by atoms with Crippen LogP contribution >= 0.6 is 24.0 Å². The maximum absolute atomic E-state index is 12.1. The van der Waals surface area contributed by atoms with Crippen molar-refractivity contribution in [1.82, 2.24) is 30.3 Å². The van der Waals surface area contributed by atoms with E-state index in [9.17, 15) is 4.79 Å². The predicted molar refractivity (Wildman–Crippen MR) is 130 cm³/mol. The molecule has 0 spiro atoms. The van der Waals surface area contributed by atoms with Gasteiger partial charge in [-0.3, -0.25) is 0 Å². The third-order valence-electron chi connectivity index (χ3n) is 4.73. The Morgan fingerprint density at radius 2 is 1.90 bits per heavy atom. The van der Waals surface area contributed by atoms with Gasteiger partial charge in [0.15, 0.2) is 11.8 Å². The number of ether oxygens (including phenoxy) is 1. The van der Waals surface area contributed by atoms with E-state index in [1.54, 1.807) is 4.90 Å². The standard InChI is InChI=1S/C21H31N7O2.HI/c1-15-25-26-18(27(15)5)12-23-19(22-11-16-9-7-6-8-10-16)24-17-13-28(14-17)20(29)30-21(2,3)4;/h6-10,17H,11-14H2,1-5H3,(H2,22,23,24);1H. The Kier molecular flexibility index (Phi) is 8.66. The Morgan fingerprint density at radius 1 is 1.23 bits per heavy atom. The SMILES string of the molecule is Cc1nnc(CNC(=NCc2ccccc2)NC2CN(C(=O)OC(C)(C)C)C2)n1C.I. The third-order valence-corrected chi connectivity index (χ3v) is 4.73. The zero-order chi connectivity index (χ0) is 21.7. The Hall–Kier alpha value is -2.37. The highest BCUT2D eigenvalue weighted by Gasteiger charge is 2.34. The summed E-state index contributed by atoms with van der Waals surface area (Å²) >= 11 is 0. The van der Waals surface area contributed by atoms with Gasteiger partial charge in [0.1, 0.15) is 11.4 Å². The second kappa shape index (κ2) is 10.8. The number of likely N-dealkylation sites (tertiary alicyclic amines) is 1. The Balaban J connectivity index is 0.00000341. The summed E-state index contributed by atoms with van der Waals surface area (Å²) in [5.74, 6) is 2.36. The van der Waals surface area contributed by atoms with Crippen LogP contribution in [0.25, 0.3) is 0 Å². The second-order valence-electron chi connectivity index (χ2n) is 8.45. The average Bonchev–Trinajstić information content (AvgIpc) is 2.97. The third kappa shape index (κ3) is 7.37. The molecule has 10 heteroatoms. The van der Waals surface area contributed by atoms with E-state index in [1.807, 2.05) is 69.6 Å². The van der Waals surface area contributed by atoms with Crippen LogP contribution in [-0.4, -0.2) is 56.4 Å². The van der Waals surface area contributed by atoms with Crippen LogP contribution < -0.4 is 10.6 Å². The molecular weight excluding hydrogens is 509 g/mol. The Morgan fingerprint density at radius 3 is 2.48 bits per heavy atom. The van der Waals surface area contributed by atoms with Crippen LogP contribution in [0.2, 0.25) is 0 Å². The number of aliphatic imine (C=N–C) groups is 1. The van der Waals surface area contributed by atoms with Gasteiger partial charge in [0.25, 0.3) is 0 Å². The van der Waals surface area contributed by atoms with Gasteiger partial charge in [-0.1, -0.05) is 30.3 Å². The molecule has 1 aliphatic heterocycles. The molecule has 1 aromatic heterocycles. The van der Waals surface area contributed by atoms with Gasteiger partial charge in [0.2, 0.25) is 0 Å². The van der Waals surface area contributed by atoms with Gasteiger partial charge < -0.3 is 24.8 Å². The number of nitrogens with zero attached hydrogens (tertiary/aromatic N) is 5. The normalized spacial score (nSPS) is 14.5. The van der Waals surface area contributed by atoms with Crippen molar-refractivity contribution in [2.24, 2.45) is 12.0 Å². The first kappa shape index (κ1) is 24.9. The number of carbonyl (C=O) groups is 1. The minimum atomic E-state index is -0.492. The molecule has 0 aliphatic carbocycles. The number of aryl methyl sites for hydroxylation is 1. The fraction of sp³-hybridized carbons (Fsp3) is 0.524. The summed E-state index contributed by atoms with van der Waals surface area (Å²) in [5.41, 5.74) is 0.630. The molecule has 2 heterocycles. The zero-order valence-corrected chi connectivity index (χ0v) is 21.1. The van der Waals surface area contributed by atoms with Crippen LogP contribution in [0.4, 0.5) is 4.79 Å². The molecule has 0 unspecified atom stereocenters. The number of aromatic nitrogens is 3. The minimum Gasteiger partial charge on any atom is -0.444 e. The highest BCUT2D eigenvalue weighted by molar-refractivity contribution is 14.0. The highest BCUT2D eigenvalue weighted by atomic mass is 127. The second-order valence-corrected chi connectivity index (χ2v) is 8.45. The van der Waals surface area contributed by atoms with E-state index in [1.165, 1.54) is 0 Å². The summed E-state index contributed by atoms with van der Waals surface area (Å²) in [7, 11) is 1.94. The predicted octanol–water partition coefficient (Wildman–Crippen LogP) is 2.60. The molecule has 170 valence electrons. The van der Waals surface area contributed by atoms with E-state index in [0.717, 1.165) is 17.2 Å². The first-order valence-electron chi connectivity index (χ1n) is 10.1. The lowest BCUT2D eigenvalue weighted by atomic mass is 10.1. The first-order chi connectivity index (χ1) is 14.2. The monoisotopic (exact) mass is 541 g/mol. The molecule has 2 aromatic rings. The molecule has 0 saturated carbocycles. The maximum Gasteiger partial charge on any atom is 0.410 e. The van der Waals surface area contributed by atoms with Crippen molar-refractivity contribution in [1.29, 1.82) is 0 Å². The van der Waals surface area contributed by atoms with E-state index in [2.05, 4.69) is 20.8 Å². The van der Waals surface area contributed by atoms with Crippen LogP contribution in [0.5, 0.6) is 0 Å². The molecule has 0 bridgehead atoms. The molecule has 1 fully saturated rings. The fourth-order valence-electron chi connectivity index (χ4n) is 2.91. The van der Waals surface area contributed by atoms with E-state index in [4.69, 9.17) is 9.73 Å².